The molecular formula is C23H23NO2. The maximum atomic E-state index is 12.8. The Bertz CT molecular complexity index is 844. The Labute approximate surface area is 154 Å². The van der Waals surface area contributed by atoms with Gasteiger partial charge in [-0.25, -0.2) is 4.79 Å². The lowest BCUT2D eigenvalue weighted by Gasteiger charge is -2.26. The second-order valence-corrected chi connectivity index (χ2v) is 6.55. The number of carbonyl (C=O) groups excluding carboxylic acids is 1. The quantitative estimate of drug-likeness (QED) is 0.495. The Hall–Kier alpha value is -3.03. The molecule has 0 unspecified atom stereocenters. The van der Waals surface area contributed by atoms with Gasteiger partial charge >= 0.3 is 6.09 Å². The van der Waals surface area contributed by atoms with E-state index in [1.165, 1.54) is 5.57 Å². The van der Waals surface area contributed by atoms with Crippen LogP contribution in [0.1, 0.15) is 43.5 Å². The molecule has 0 N–H and O–H groups in total. The van der Waals surface area contributed by atoms with Crippen molar-refractivity contribution in [3.63, 3.8) is 0 Å². The molecule has 132 valence electrons. The van der Waals surface area contributed by atoms with E-state index in [9.17, 15) is 4.79 Å². The number of ether oxygens (including phenoxy) is 1. The van der Waals surface area contributed by atoms with Crippen LogP contribution in [0.5, 0.6) is 0 Å². The molecule has 1 fully saturated rings. The van der Waals surface area contributed by atoms with Crippen LogP contribution < -0.4 is 0 Å². The molecule has 1 heterocycles. The third-order valence-electron chi connectivity index (χ3n) is 4.46. The first-order chi connectivity index (χ1) is 12.6. The van der Waals surface area contributed by atoms with E-state index in [1.807, 2.05) is 74.5 Å². The normalized spacial score (nSPS) is 18.8. The number of amides is 1. The molecule has 1 aliphatic rings. The standard InChI is InChI=1S/C23H23NO2/c1-4-20(16-15-17(2)3)24-21(18-11-7-5-8-12-18)22(26-23(24)25)19-13-9-6-10-14-19/h5-15,21-22H,1,16H2,2-3H3/t21-,22+/m0/s1. The van der Waals surface area contributed by atoms with E-state index < -0.39 is 0 Å². The maximum absolute atomic E-state index is 12.8. The summed E-state index contributed by atoms with van der Waals surface area (Å²) in [5, 5.41) is 0. The van der Waals surface area contributed by atoms with Crippen LogP contribution in [0.4, 0.5) is 4.79 Å². The molecule has 0 spiro atoms. The van der Waals surface area contributed by atoms with E-state index in [0.29, 0.717) is 6.42 Å². The minimum absolute atomic E-state index is 0.249. The van der Waals surface area contributed by atoms with Crippen LogP contribution in [0.15, 0.2) is 90.3 Å². The van der Waals surface area contributed by atoms with Crippen molar-refractivity contribution in [2.45, 2.75) is 32.4 Å². The van der Waals surface area contributed by atoms with Gasteiger partial charge in [-0.05, 0) is 25.0 Å². The highest BCUT2D eigenvalue weighted by atomic mass is 16.6. The molecule has 1 saturated heterocycles. The fourth-order valence-corrected chi connectivity index (χ4v) is 3.18. The monoisotopic (exact) mass is 345 g/mol. The zero-order valence-corrected chi connectivity index (χ0v) is 15.2. The Balaban J connectivity index is 2.06. The van der Waals surface area contributed by atoms with Crippen molar-refractivity contribution in [2.24, 2.45) is 0 Å². The number of carbonyl (C=O) groups is 1. The lowest BCUT2D eigenvalue weighted by atomic mass is 9.95. The van der Waals surface area contributed by atoms with E-state index in [2.05, 4.69) is 18.4 Å². The molecule has 0 aromatic heterocycles. The molecule has 3 rings (SSSR count). The lowest BCUT2D eigenvalue weighted by molar-refractivity contribution is 0.130. The van der Waals surface area contributed by atoms with Gasteiger partial charge in [-0.15, -0.1) is 5.73 Å². The Morgan fingerprint density at radius 1 is 1.08 bits per heavy atom. The number of benzene rings is 2. The van der Waals surface area contributed by atoms with Gasteiger partial charge in [0.1, 0.15) is 6.04 Å². The summed E-state index contributed by atoms with van der Waals surface area (Å²) in [7, 11) is 0. The largest absolute Gasteiger partial charge is 0.438 e. The molecule has 2 aromatic carbocycles. The van der Waals surface area contributed by atoms with Gasteiger partial charge in [-0.3, -0.25) is 4.90 Å². The highest BCUT2D eigenvalue weighted by Crippen LogP contribution is 2.45. The molecule has 0 radical (unpaired) electrons. The van der Waals surface area contributed by atoms with Crippen LogP contribution in [0, 0.1) is 0 Å². The summed E-state index contributed by atoms with van der Waals surface area (Å²) in [6.07, 6.45) is 1.92. The second-order valence-electron chi connectivity index (χ2n) is 6.55. The van der Waals surface area contributed by atoms with Crippen molar-refractivity contribution in [1.82, 2.24) is 4.90 Å². The van der Waals surface area contributed by atoms with E-state index in [-0.39, 0.29) is 18.2 Å². The van der Waals surface area contributed by atoms with Gasteiger partial charge < -0.3 is 4.74 Å². The molecule has 0 bridgehead atoms. The van der Waals surface area contributed by atoms with Crippen molar-refractivity contribution in [1.29, 1.82) is 0 Å². The van der Waals surface area contributed by atoms with Crippen molar-refractivity contribution < 1.29 is 9.53 Å². The summed E-state index contributed by atoms with van der Waals surface area (Å²) in [6.45, 7) is 7.87. The van der Waals surface area contributed by atoms with Gasteiger partial charge in [0.2, 0.25) is 0 Å². The fourth-order valence-electron chi connectivity index (χ4n) is 3.18. The molecule has 1 aliphatic heterocycles. The Morgan fingerprint density at radius 2 is 1.65 bits per heavy atom. The predicted molar refractivity (Wildman–Crippen MR) is 103 cm³/mol. The Morgan fingerprint density at radius 3 is 2.19 bits per heavy atom. The van der Waals surface area contributed by atoms with Crippen LogP contribution in [-0.4, -0.2) is 11.0 Å². The van der Waals surface area contributed by atoms with Crippen LogP contribution in [0.2, 0.25) is 0 Å². The minimum Gasteiger partial charge on any atom is -0.438 e. The van der Waals surface area contributed by atoms with Gasteiger partial charge in [0.15, 0.2) is 6.10 Å². The zero-order chi connectivity index (χ0) is 18.5. The van der Waals surface area contributed by atoms with E-state index in [4.69, 9.17) is 4.74 Å². The lowest BCUT2D eigenvalue weighted by Crippen LogP contribution is -2.27. The molecular weight excluding hydrogens is 322 g/mol. The first kappa shape index (κ1) is 17.8. The highest BCUT2D eigenvalue weighted by Gasteiger charge is 2.44. The van der Waals surface area contributed by atoms with Crippen molar-refractivity contribution in [2.75, 3.05) is 0 Å². The van der Waals surface area contributed by atoms with Gasteiger partial charge in [-0.2, -0.15) is 0 Å². The third kappa shape index (κ3) is 3.63. The number of allylic oxidation sites excluding steroid dienone is 2. The first-order valence-corrected chi connectivity index (χ1v) is 8.74. The smallest absolute Gasteiger partial charge is 0.415 e. The number of hydrogen-bond donors (Lipinski definition) is 0. The average molecular weight is 345 g/mol. The molecule has 2 atom stereocenters. The SMILES string of the molecule is C=C=C(CC=C(C)C)N1C(=O)O[C@H](c2ccccc2)[C@@H]1c1ccccc1. The topological polar surface area (TPSA) is 29.5 Å². The van der Waals surface area contributed by atoms with Crippen molar-refractivity contribution in [3.8, 4) is 0 Å². The summed E-state index contributed by atoms with van der Waals surface area (Å²) < 4.78 is 5.79. The second kappa shape index (κ2) is 7.90. The van der Waals surface area contributed by atoms with E-state index >= 15 is 0 Å². The molecule has 26 heavy (non-hydrogen) atoms. The van der Waals surface area contributed by atoms with Crippen LogP contribution in [0.25, 0.3) is 0 Å². The fraction of sp³-hybridized carbons (Fsp3) is 0.217. The Kier molecular flexibility index (Phi) is 5.40. The van der Waals surface area contributed by atoms with Gasteiger partial charge in [0, 0.05) is 6.42 Å². The summed E-state index contributed by atoms with van der Waals surface area (Å²) >= 11 is 0. The average Bonchev–Trinajstić information content (AvgIpc) is 3.01. The van der Waals surface area contributed by atoms with Gasteiger partial charge in [0.05, 0.1) is 5.70 Å². The van der Waals surface area contributed by atoms with Crippen molar-refractivity contribution in [3.05, 3.63) is 101 Å². The van der Waals surface area contributed by atoms with Gasteiger partial charge in [-0.1, -0.05) is 78.9 Å². The van der Waals surface area contributed by atoms with Crippen molar-refractivity contribution >= 4 is 6.09 Å². The maximum Gasteiger partial charge on any atom is 0.415 e. The number of cyclic esters (lactones) is 1. The predicted octanol–water partition coefficient (Wildman–Crippen LogP) is 5.95. The number of nitrogens with zero attached hydrogens (tertiary/aromatic N) is 1. The van der Waals surface area contributed by atoms with E-state index in [0.717, 1.165) is 16.8 Å². The minimum atomic E-state index is -0.374. The van der Waals surface area contributed by atoms with E-state index in [1.54, 1.807) is 4.90 Å². The zero-order valence-electron chi connectivity index (χ0n) is 15.2. The van der Waals surface area contributed by atoms with Crippen LogP contribution in [0.3, 0.4) is 0 Å². The molecule has 3 heteroatoms. The van der Waals surface area contributed by atoms with Gasteiger partial charge in [0.25, 0.3) is 0 Å². The highest BCUT2D eigenvalue weighted by molar-refractivity contribution is 5.74. The molecule has 1 amide bonds. The third-order valence-corrected chi connectivity index (χ3v) is 4.46. The first-order valence-electron chi connectivity index (χ1n) is 8.74. The summed E-state index contributed by atoms with van der Waals surface area (Å²) in [6, 6.07) is 19.6. The van der Waals surface area contributed by atoms with Crippen LogP contribution in [-0.2, 0) is 4.74 Å². The molecule has 3 nitrogen and oxygen atoms in total. The summed E-state index contributed by atoms with van der Waals surface area (Å²) in [4.78, 5) is 14.5. The molecule has 0 aliphatic carbocycles. The number of rotatable bonds is 5. The summed E-state index contributed by atoms with van der Waals surface area (Å²) in [5.41, 5.74) is 6.86. The summed E-state index contributed by atoms with van der Waals surface area (Å²) in [5.74, 6) is 0. The number of hydrogen-bond acceptors (Lipinski definition) is 2. The molecule has 0 saturated carbocycles. The molecule has 2 aromatic rings. The van der Waals surface area contributed by atoms with Crippen LogP contribution >= 0.6 is 0 Å².